The van der Waals surface area contributed by atoms with E-state index in [-0.39, 0.29) is 24.2 Å². The van der Waals surface area contributed by atoms with Crippen LogP contribution in [0.3, 0.4) is 0 Å². The van der Waals surface area contributed by atoms with E-state index in [2.05, 4.69) is 9.97 Å². The van der Waals surface area contributed by atoms with Gasteiger partial charge in [0.2, 0.25) is 0 Å². The minimum absolute atomic E-state index is 0.0112. The highest BCUT2D eigenvalue weighted by Crippen LogP contribution is 2.32. The summed E-state index contributed by atoms with van der Waals surface area (Å²) in [5, 5.41) is 10.9. The third-order valence-corrected chi connectivity index (χ3v) is 4.44. The summed E-state index contributed by atoms with van der Waals surface area (Å²) in [6.07, 6.45) is 0.733. The van der Waals surface area contributed by atoms with Crippen molar-refractivity contribution in [3.8, 4) is 22.8 Å². The maximum atomic E-state index is 11.9. The fourth-order valence-electron chi connectivity index (χ4n) is 2.59. The van der Waals surface area contributed by atoms with E-state index in [1.165, 1.54) is 6.07 Å². The van der Waals surface area contributed by atoms with Crippen molar-refractivity contribution in [1.82, 2.24) is 9.97 Å². The van der Waals surface area contributed by atoms with Crippen molar-refractivity contribution in [3.05, 3.63) is 47.6 Å². The number of esters is 1. The smallest absolute Gasteiger partial charge is 0.347 e. The summed E-state index contributed by atoms with van der Waals surface area (Å²) in [4.78, 5) is 20.8. The molecule has 0 bridgehead atoms. The summed E-state index contributed by atoms with van der Waals surface area (Å²) in [7, 11) is 0. The lowest BCUT2D eigenvalue weighted by Crippen LogP contribution is -2.27. The van der Waals surface area contributed by atoms with E-state index in [0.29, 0.717) is 33.9 Å². The fourth-order valence-corrected chi connectivity index (χ4v) is 2.76. The first-order valence-corrected chi connectivity index (χ1v) is 9.08. The number of rotatable bonds is 6. The maximum Gasteiger partial charge on any atom is 0.347 e. The van der Waals surface area contributed by atoms with Gasteiger partial charge in [-0.2, -0.15) is 0 Å². The molecule has 0 saturated carbocycles. The van der Waals surface area contributed by atoms with Crippen LogP contribution in [0.2, 0.25) is 5.02 Å². The van der Waals surface area contributed by atoms with Gasteiger partial charge in [-0.3, -0.25) is 4.98 Å². The fraction of sp³-hybridized carbons (Fsp3) is 0.250. The quantitative estimate of drug-likeness (QED) is 0.500. The number of nitrogens with zero attached hydrogens (tertiary/aromatic N) is 2. The Hall–Kier alpha value is -2.90. The van der Waals surface area contributed by atoms with Crippen molar-refractivity contribution in [2.75, 3.05) is 13.2 Å². The number of phenols is 1. The molecule has 2 aromatic carbocycles. The van der Waals surface area contributed by atoms with Gasteiger partial charge in [-0.25, -0.2) is 9.78 Å². The second-order valence-corrected chi connectivity index (χ2v) is 6.85. The molecule has 0 spiro atoms. The molecule has 2 heterocycles. The lowest BCUT2D eigenvalue weighted by Gasteiger charge is -2.15. The predicted octanol–water partition coefficient (Wildman–Crippen LogP) is 3.37. The highest BCUT2D eigenvalue weighted by Gasteiger charge is 2.26. The molecule has 3 aromatic rings. The molecule has 1 saturated heterocycles. The molecule has 7 nitrogen and oxygen atoms in total. The van der Waals surface area contributed by atoms with Crippen molar-refractivity contribution in [1.29, 1.82) is 0 Å². The first-order valence-electron chi connectivity index (χ1n) is 8.70. The Morgan fingerprint density at radius 1 is 1.32 bits per heavy atom. The van der Waals surface area contributed by atoms with Gasteiger partial charge in [0.05, 0.1) is 29.5 Å². The second kappa shape index (κ2) is 7.61. The van der Waals surface area contributed by atoms with Crippen LogP contribution in [0.15, 0.2) is 42.6 Å². The number of hydrogen-bond acceptors (Lipinski definition) is 7. The Morgan fingerprint density at radius 3 is 2.89 bits per heavy atom. The van der Waals surface area contributed by atoms with Gasteiger partial charge >= 0.3 is 5.97 Å². The van der Waals surface area contributed by atoms with Crippen LogP contribution in [0, 0.1) is 0 Å². The summed E-state index contributed by atoms with van der Waals surface area (Å²) < 4.78 is 15.6. The topological polar surface area (TPSA) is 94.1 Å². The van der Waals surface area contributed by atoms with Crippen LogP contribution in [0.4, 0.5) is 0 Å². The summed E-state index contributed by atoms with van der Waals surface area (Å²) in [5.41, 5.74) is 2.63. The molecule has 1 fully saturated rings. The second-order valence-electron chi connectivity index (χ2n) is 6.42. The monoisotopic (exact) mass is 400 g/mol. The van der Waals surface area contributed by atoms with E-state index in [1.54, 1.807) is 43.5 Å². The standard InChI is InChI=1S/C20H17ClN2O5/c1-11(20(25)27-10-14-9-26-14)28-19-5-2-12(6-18(19)24)17-8-22-16-7-13(21)3-4-15(16)23-17/h2-8,11,14,24H,9-10H2,1H3. The number of hydrogen-bond donors (Lipinski definition) is 1. The lowest BCUT2D eigenvalue weighted by molar-refractivity contribution is -0.151. The molecule has 1 aliphatic heterocycles. The third kappa shape index (κ3) is 4.16. The van der Waals surface area contributed by atoms with Gasteiger partial charge < -0.3 is 19.3 Å². The highest BCUT2D eigenvalue weighted by atomic mass is 35.5. The number of epoxide rings is 1. The van der Waals surface area contributed by atoms with Crippen LogP contribution in [0.5, 0.6) is 11.5 Å². The summed E-state index contributed by atoms with van der Waals surface area (Å²) in [6, 6.07) is 10.1. The largest absolute Gasteiger partial charge is 0.504 e. The molecule has 1 N–H and O–H groups in total. The Balaban J connectivity index is 1.49. The van der Waals surface area contributed by atoms with E-state index >= 15 is 0 Å². The molecule has 2 unspecified atom stereocenters. The van der Waals surface area contributed by atoms with Gasteiger partial charge in [0.1, 0.15) is 12.7 Å². The first kappa shape index (κ1) is 18.5. The average Bonchev–Trinajstić information content (AvgIpc) is 3.51. The Labute approximate surface area is 165 Å². The van der Waals surface area contributed by atoms with Crippen LogP contribution in [0.1, 0.15) is 6.92 Å². The minimum Gasteiger partial charge on any atom is -0.504 e. The molecule has 4 rings (SSSR count). The first-order chi connectivity index (χ1) is 13.5. The summed E-state index contributed by atoms with van der Waals surface area (Å²) >= 11 is 5.96. The van der Waals surface area contributed by atoms with E-state index in [1.807, 2.05) is 0 Å². The van der Waals surface area contributed by atoms with Crippen molar-refractivity contribution < 1.29 is 24.1 Å². The van der Waals surface area contributed by atoms with Gasteiger partial charge in [-0.15, -0.1) is 0 Å². The third-order valence-electron chi connectivity index (χ3n) is 4.21. The SMILES string of the molecule is CC(Oc1ccc(-c2cnc3cc(Cl)ccc3n2)cc1O)C(=O)OCC1CO1. The van der Waals surface area contributed by atoms with Crippen molar-refractivity contribution >= 4 is 28.6 Å². The van der Waals surface area contributed by atoms with Gasteiger partial charge in [0.15, 0.2) is 17.6 Å². The number of carbonyl (C=O) groups excluding carboxylic acids is 1. The Kier molecular flexibility index (Phi) is 5.02. The van der Waals surface area contributed by atoms with E-state index in [4.69, 9.17) is 25.8 Å². The minimum atomic E-state index is -0.860. The van der Waals surface area contributed by atoms with Crippen LogP contribution < -0.4 is 4.74 Å². The Bertz CT molecular complexity index is 1040. The number of halogens is 1. The maximum absolute atomic E-state index is 11.9. The number of aromatic nitrogens is 2. The highest BCUT2D eigenvalue weighted by molar-refractivity contribution is 6.31. The molecule has 28 heavy (non-hydrogen) atoms. The molecule has 144 valence electrons. The molecule has 0 aliphatic carbocycles. The molecule has 0 radical (unpaired) electrons. The molecule has 2 atom stereocenters. The van der Waals surface area contributed by atoms with Gasteiger partial charge in [0, 0.05) is 10.6 Å². The molecular weight excluding hydrogens is 384 g/mol. The van der Waals surface area contributed by atoms with Crippen LogP contribution in [-0.2, 0) is 14.3 Å². The van der Waals surface area contributed by atoms with Gasteiger partial charge in [-0.05, 0) is 43.3 Å². The van der Waals surface area contributed by atoms with Crippen molar-refractivity contribution in [2.24, 2.45) is 0 Å². The van der Waals surface area contributed by atoms with Crippen LogP contribution in [0.25, 0.3) is 22.3 Å². The van der Waals surface area contributed by atoms with E-state index < -0.39 is 12.1 Å². The predicted molar refractivity (Wildman–Crippen MR) is 102 cm³/mol. The van der Waals surface area contributed by atoms with Crippen molar-refractivity contribution in [3.63, 3.8) is 0 Å². The van der Waals surface area contributed by atoms with E-state index in [0.717, 1.165) is 0 Å². The summed E-state index contributed by atoms with van der Waals surface area (Å²) in [5.74, 6) is -0.449. The molecular formula is C20H17ClN2O5. The zero-order valence-corrected chi connectivity index (χ0v) is 15.7. The average molecular weight is 401 g/mol. The number of aromatic hydroxyl groups is 1. The van der Waals surface area contributed by atoms with Gasteiger partial charge in [0.25, 0.3) is 0 Å². The number of phenolic OH excluding ortho intramolecular Hbond substituents is 1. The van der Waals surface area contributed by atoms with E-state index in [9.17, 15) is 9.90 Å². The molecule has 0 amide bonds. The zero-order valence-electron chi connectivity index (χ0n) is 15.0. The summed E-state index contributed by atoms with van der Waals surface area (Å²) in [6.45, 7) is 2.38. The zero-order chi connectivity index (χ0) is 19.7. The number of ether oxygens (including phenoxy) is 3. The van der Waals surface area contributed by atoms with Crippen LogP contribution >= 0.6 is 11.6 Å². The molecule has 1 aromatic heterocycles. The number of carbonyl (C=O) groups is 1. The van der Waals surface area contributed by atoms with Crippen molar-refractivity contribution in [2.45, 2.75) is 19.1 Å². The molecule has 1 aliphatic rings. The van der Waals surface area contributed by atoms with Gasteiger partial charge in [-0.1, -0.05) is 11.6 Å². The normalized spacial score (nSPS) is 16.6. The number of fused-ring (bicyclic) bond motifs is 1. The van der Waals surface area contributed by atoms with Crippen LogP contribution in [-0.4, -0.2) is 46.5 Å². The Morgan fingerprint density at radius 2 is 2.14 bits per heavy atom. The molecule has 8 heteroatoms. The lowest BCUT2D eigenvalue weighted by atomic mass is 10.1. The number of benzene rings is 2.